The number of aryl methyl sites for hydroxylation is 2. The minimum absolute atomic E-state index is 0. The fourth-order valence-corrected chi connectivity index (χ4v) is 3.32. The maximum absolute atomic E-state index is 2.37. The molecule has 1 aromatic rings. The molecule has 0 spiro atoms. The summed E-state index contributed by atoms with van der Waals surface area (Å²) in [6.45, 7) is 15.2. The van der Waals surface area contributed by atoms with E-state index in [0.717, 1.165) is 0 Å². The van der Waals surface area contributed by atoms with Gasteiger partial charge in [0.1, 0.15) is 5.69 Å². The van der Waals surface area contributed by atoms with Crippen molar-refractivity contribution in [3.8, 4) is 0 Å². The third-order valence-electron chi connectivity index (χ3n) is 3.82. The quantitative estimate of drug-likeness (QED) is 0.659. The Morgan fingerprint density at radius 1 is 0.842 bits per heavy atom. The van der Waals surface area contributed by atoms with E-state index in [2.05, 4.69) is 52.8 Å². The van der Waals surface area contributed by atoms with Gasteiger partial charge in [-0.05, 0) is 39.2 Å². The van der Waals surface area contributed by atoms with Crippen molar-refractivity contribution in [1.29, 1.82) is 0 Å². The van der Waals surface area contributed by atoms with Crippen molar-refractivity contribution in [2.24, 2.45) is 0 Å². The third-order valence-corrected chi connectivity index (χ3v) is 3.82. The molecule has 0 saturated carbocycles. The van der Waals surface area contributed by atoms with Gasteiger partial charge in [0.25, 0.3) is 0 Å². The summed E-state index contributed by atoms with van der Waals surface area (Å²) in [5.74, 6) is 0. The molecule has 0 saturated heterocycles. The highest BCUT2D eigenvalue weighted by atomic mass is 16.0. The number of hydrogen-bond acceptors (Lipinski definition) is 1. The molecule has 2 nitrogen and oxygen atoms in total. The van der Waals surface area contributed by atoms with Crippen molar-refractivity contribution in [2.45, 2.75) is 53.9 Å². The van der Waals surface area contributed by atoms with Crippen LogP contribution < -0.4 is 4.48 Å². The van der Waals surface area contributed by atoms with E-state index in [0.29, 0.717) is 0 Å². The van der Waals surface area contributed by atoms with Crippen molar-refractivity contribution < 1.29 is 5.48 Å². The third kappa shape index (κ3) is 4.32. The first-order chi connectivity index (χ1) is 8.59. The van der Waals surface area contributed by atoms with Gasteiger partial charge in [0.2, 0.25) is 0 Å². The van der Waals surface area contributed by atoms with Gasteiger partial charge in [0.15, 0.2) is 0 Å². The molecule has 0 atom stereocenters. The zero-order valence-corrected chi connectivity index (χ0v) is 13.4. The summed E-state index contributed by atoms with van der Waals surface area (Å²) >= 11 is 0. The Labute approximate surface area is 119 Å². The molecule has 1 N–H and O–H groups in total. The summed E-state index contributed by atoms with van der Waals surface area (Å²) in [6, 6.07) is 6.98. The lowest BCUT2D eigenvalue weighted by Crippen LogP contribution is -2.51. The summed E-state index contributed by atoms with van der Waals surface area (Å²) in [7, 11) is 0. The lowest BCUT2D eigenvalue weighted by atomic mass is 10.1. The Hall–Kier alpha value is -0.860. The van der Waals surface area contributed by atoms with Crippen LogP contribution in [0, 0.1) is 13.8 Å². The van der Waals surface area contributed by atoms with Crippen LogP contribution in [-0.2, 0) is 0 Å². The molecule has 1 aromatic carbocycles. The van der Waals surface area contributed by atoms with Gasteiger partial charge in [-0.2, -0.15) is 0 Å². The smallest absolute Gasteiger partial charge is 0.135 e. The summed E-state index contributed by atoms with van der Waals surface area (Å²) in [5, 5.41) is 0. The Morgan fingerprint density at radius 3 is 1.68 bits per heavy atom. The molecule has 0 aromatic heterocycles. The monoisotopic (exact) mass is 265 g/mol. The van der Waals surface area contributed by atoms with Crippen LogP contribution in [0.4, 0.5) is 5.69 Å². The first-order valence-electron chi connectivity index (χ1n) is 7.53. The highest BCUT2D eigenvalue weighted by molar-refractivity contribution is 5.51. The largest absolute Gasteiger partial charge is 0.870 e. The van der Waals surface area contributed by atoms with Gasteiger partial charge in [-0.25, -0.2) is 0 Å². The van der Waals surface area contributed by atoms with E-state index in [1.54, 1.807) is 5.69 Å². The maximum atomic E-state index is 2.37. The average Bonchev–Trinajstić information content (AvgIpc) is 2.29. The first kappa shape index (κ1) is 18.1. The van der Waals surface area contributed by atoms with E-state index in [9.17, 15) is 0 Å². The predicted octanol–water partition coefficient (Wildman–Crippen LogP) is 4.66. The van der Waals surface area contributed by atoms with Gasteiger partial charge >= 0.3 is 0 Å². The Morgan fingerprint density at radius 2 is 1.32 bits per heavy atom. The Balaban J connectivity index is 0.00000324. The maximum Gasteiger partial charge on any atom is 0.135 e. The topological polar surface area (TPSA) is 30.0 Å². The summed E-state index contributed by atoms with van der Waals surface area (Å²) in [6.07, 6.45) is 3.77. The molecule has 0 aliphatic heterocycles. The number of rotatable bonds is 7. The SMILES string of the molecule is CCC[N+](CCC)(CCC)c1ccc(C)cc1C.[OH-]. The van der Waals surface area contributed by atoms with Crippen LogP contribution in [-0.4, -0.2) is 25.1 Å². The minimum Gasteiger partial charge on any atom is -0.870 e. The average molecular weight is 265 g/mol. The number of hydrogen-bond donors (Lipinski definition) is 0. The molecule has 0 unspecified atom stereocenters. The molecule has 0 amide bonds. The molecule has 2 heteroatoms. The normalized spacial score (nSPS) is 11.2. The van der Waals surface area contributed by atoms with E-state index in [-0.39, 0.29) is 5.48 Å². The van der Waals surface area contributed by atoms with Crippen molar-refractivity contribution in [3.63, 3.8) is 0 Å². The summed E-state index contributed by atoms with van der Waals surface area (Å²) < 4.78 is 1.18. The molecule has 1 rings (SSSR count). The van der Waals surface area contributed by atoms with Gasteiger partial charge in [0.05, 0.1) is 19.6 Å². The standard InChI is InChI=1S/C17H30N.H2O/c1-6-11-18(12-7-2,13-8-3)17-10-9-15(4)14-16(17)5;/h9-10,14H,6-8,11-13H2,1-5H3;1H2/q+1;/p-1. The molecule has 19 heavy (non-hydrogen) atoms. The van der Waals surface area contributed by atoms with Gasteiger partial charge in [-0.15, -0.1) is 0 Å². The second kappa shape index (κ2) is 8.34. The second-order valence-electron chi connectivity index (χ2n) is 5.61. The van der Waals surface area contributed by atoms with Crippen LogP contribution in [0.2, 0.25) is 0 Å². The molecule has 110 valence electrons. The van der Waals surface area contributed by atoms with Gasteiger partial charge in [-0.3, -0.25) is 4.48 Å². The molecule has 0 aliphatic carbocycles. The molecule has 0 radical (unpaired) electrons. The van der Waals surface area contributed by atoms with Gasteiger partial charge < -0.3 is 5.48 Å². The molecular formula is C17H31NO. The summed E-state index contributed by atoms with van der Waals surface area (Å²) in [4.78, 5) is 0. The van der Waals surface area contributed by atoms with Crippen LogP contribution in [0.5, 0.6) is 0 Å². The first-order valence-corrected chi connectivity index (χ1v) is 7.53. The van der Waals surface area contributed by atoms with Crippen LogP contribution in [0.25, 0.3) is 0 Å². The van der Waals surface area contributed by atoms with E-state index in [1.807, 2.05) is 0 Å². The highest BCUT2D eigenvalue weighted by Crippen LogP contribution is 2.29. The fourth-order valence-electron chi connectivity index (χ4n) is 3.32. The van der Waals surface area contributed by atoms with Crippen LogP contribution in [0.1, 0.15) is 51.2 Å². The van der Waals surface area contributed by atoms with Crippen LogP contribution >= 0.6 is 0 Å². The molecule has 0 bridgehead atoms. The van der Waals surface area contributed by atoms with Crippen LogP contribution in [0.3, 0.4) is 0 Å². The van der Waals surface area contributed by atoms with Crippen molar-refractivity contribution in [3.05, 3.63) is 29.3 Å². The van der Waals surface area contributed by atoms with E-state index in [1.165, 1.54) is 54.5 Å². The second-order valence-corrected chi connectivity index (χ2v) is 5.61. The van der Waals surface area contributed by atoms with E-state index < -0.39 is 0 Å². The number of nitrogens with zero attached hydrogens (tertiary/aromatic N) is 1. The number of quaternary nitrogens is 1. The Kier molecular flexibility index (Phi) is 7.96. The zero-order valence-electron chi connectivity index (χ0n) is 13.4. The molecule has 0 heterocycles. The van der Waals surface area contributed by atoms with Gasteiger partial charge in [-0.1, -0.05) is 38.5 Å². The fraction of sp³-hybridized carbons (Fsp3) is 0.647. The predicted molar refractivity (Wildman–Crippen MR) is 85.1 cm³/mol. The Bertz CT molecular complexity index is 357. The highest BCUT2D eigenvalue weighted by Gasteiger charge is 2.29. The number of benzene rings is 1. The van der Waals surface area contributed by atoms with Crippen molar-refractivity contribution >= 4 is 5.69 Å². The van der Waals surface area contributed by atoms with Crippen molar-refractivity contribution in [1.82, 2.24) is 4.48 Å². The molecular weight excluding hydrogens is 234 g/mol. The van der Waals surface area contributed by atoms with Gasteiger partial charge in [0, 0.05) is 5.56 Å². The minimum atomic E-state index is 0. The van der Waals surface area contributed by atoms with E-state index in [4.69, 9.17) is 0 Å². The molecule has 0 aliphatic rings. The zero-order chi connectivity index (χ0) is 13.6. The lowest BCUT2D eigenvalue weighted by Gasteiger charge is -2.39. The van der Waals surface area contributed by atoms with Crippen LogP contribution in [0.15, 0.2) is 18.2 Å². The van der Waals surface area contributed by atoms with E-state index >= 15 is 0 Å². The summed E-state index contributed by atoms with van der Waals surface area (Å²) in [5.41, 5.74) is 4.38. The lowest BCUT2D eigenvalue weighted by molar-refractivity contribution is 0.272. The molecule has 0 fully saturated rings. The van der Waals surface area contributed by atoms with Crippen molar-refractivity contribution in [2.75, 3.05) is 19.6 Å².